The summed E-state index contributed by atoms with van der Waals surface area (Å²) in [6.45, 7) is 9.33. The molecule has 8 nitrogen and oxygen atoms in total. The summed E-state index contributed by atoms with van der Waals surface area (Å²) in [7, 11) is -1.11. The molecule has 0 bridgehead atoms. The summed E-state index contributed by atoms with van der Waals surface area (Å²) >= 11 is 0. The van der Waals surface area contributed by atoms with Crippen LogP contribution in [0.1, 0.15) is 22.5 Å². The van der Waals surface area contributed by atoms with Gasteiger partial charge in [-0.25, -0.2) is 14.1 Å². The molecule has 5 rings (SSSR count). The predicted molar refractivity (Wildman–Crippen MR) is 140 cm³/mol. The number of carbonyl (C=O) groups is 1. The van der Waals surface area contributed by atoms with Crippen LogP contribution in [0, 0.1) is 0 Å². The first-order valence-corrected chi connectivity index (χ1v) is 16.0. The van der Waals surface area contributed by atoms with E-state index >= 15 is 0 Å². The van der Waals surface area contributed by atoms with Gasteiger partial charge in [-0.1, -0.05) is 19.6 Å². The maximum atomic E-state index is 13.5. The van der Waals surface area contributed by atoms with E-state index in [-0.39, 0.29) is 12.7 Å². The van der Waals surface area contributed by atoms with Crippen molar-refractivity contribution in [1.82, 2.24) is 14.8 Å². The maximum absolute atomic E-state index is 13.5. The van der Waals surface area contributed by atoms with Gasteiger partial charge in [-0.3, -0.25) is 4.79 Å². The van der Waals surface area contributed by atoms with Gasteiger partial charge in [0.05, 0.1) is 36.2 Å². The standard InChI is InChI=1S/C26H32FN5O3Si/c1-36(2,3)13-12-34-18-35-22-7-4-20(5-8-22)31-17-24-23(26(31)33)16-32(29-24)21-6-9-25(28-14-21)30-11-10-19(27)15-30/h4-9,14,16,19H,10-13,15,17-18H2,1-3H3/t19-/m1/s1. The Balaban J connectivity index is 1.17. The SMILES string of the molecule is C[Si](C)(C)CCOCOc1ccc(N2Cc3nn(-c4ccc(N5CC[C@@H](F)C5)nc4)cc3C2=O)cc1. The predicted octanol–water partition coefficient (Wildman–Crippen LogP) is 4.67. The van der Waals surface area contributed by atoms with Gasteiger partial charge in [0, 0.05) is 33.1 Å². The molecule has 4 heterocycles. The zero-order valence-corrected chi connectivity index (χ0v) is 22.0. The van der Waals surface area contributed by atoms with Gasteiger partial charge in [0.2, 0.25) is 0 Å². The molecule has 3 aromatic rings. The van der Waals surface area contributed by atoms with Crippen LogP contribution in [0.4, 0.5) is 15.9 Å². The van der Waals surface area contributed by atoms with Crippen LogP contribution in [0.5, 0.6) is 5.75 Å². The summed E-state index contributed by atoms with van der Waals surface area (Å²) in [6, 6.07) is 12.3. The number of hydrogen-bond donors (Lipinski definition) is 0. The van der Waals surface area contributed by atoms with Crippen molar-refractivity contribution in [3.63, 3.8) is 0 Å². The van der Waals surface area contributed by atoms with E-state index < -0.39 is 14.2 Å². The third-order valence-corrected chi connectivity index (χ3v) is 8.18. The molecule has 36 heavy (non-hydrogen) atoms. The van der Waals surface area contributed by atoms with E-state index in [4.69, 9.17) is 9.47 Å². The number of hydrogen-bond acceptors (Lipinski definition) is 6. The maximum Gasteiger partial charge on any atom is 0.262 e. The van der Waals surface area contributed by atoms with E-state index in [1.807, 2.05) is 41.3 Å². The van der Waals surface area contributed by atoms with Crippen molar-refractivity contribution in [3.8, 4) is 11.4 Å². The van der Waals surface area contributed by atoms with Crippen molar-refractivity contribution in [2.24, 2.45) is 0 Å². The zero-order valence-electron chi connectivity index (χ0n) is 21.0. The van der Waals surface area contributed by atoms with E-state index in [1.54, 1.807) is 22.0 Å². The molecule has 0 unspecified atom stereocenters. The van der Waals surface area contributed by atoms with Gasteiger partial charge < -0.3 is 19.3 Å². The highest BCUT2D eigenvalue weighted by Gasteiger charge is 2.32. The largest absolute Gasteiger partial charge is 0.468 e. The minimum atomic E-state index is -1.11. The fraction of sp³-hybridized carbons (Fsp3) is 0.423. The van der Waals surface area contributed by atoms with Crippen LogP contribution in [-0.4, -0.2) is 61.4 Å². The quantitative estimate of drug-likeness (QED) is 0.237. The van der Waals surface area contributed by atoms with E-state index in [2.05, 4.69) is 29.7 Å². The molecule has 2 aliphatic heterocycles. The lowest BCUT2D eigenvalue weighted by Gasteiger charge is -2.17. The number of pyridine rings is 1. The van der Waals surface area contributed by atoms with Gasteiger partial charge in [-0.05, 0) is 48.9 Å². The van der Waals surface area contributed by atoms with Crippen LogP contribution < -0.4 is 14.5 Å². The Hall–Kier alpha value is -3.24. The highest BCUT2D eigenvalue weighted by molar-refractivity contribution is 6.76. The second kappa shape index (κ2) is 10.0. The molecule has 10 heteroatoms. The van der Waals surface area contributed by atoms with Gasteiger partial charge in [-0.15, -0.1) is 0 Å². The minimum absolute atomic E-state index is 0.0877. The molecular formula is C26H32FN5O3Si. The number of halogens is 1. The molecule has 2 aromatic heterocycles. The molecule has 1 saturated heterocycles. The molecule has 1 atom stereocenters. The van der Waals surface area contributed by atoms with Crippen LogP contribution in [0.3, 0.4) is 0 Å². The number of alkyl halides is 1. The molecule has 0 saturated carbocycles. The van der Waals surface area contributed by atoms with Gasteiger partial charge in [0.1, 0.15) is 17.7 Å². The Bertz CT molecular complexity index is 1210. The third kappa shape index (κ3) is 5.44. The average molecular weight is 510 g/mol. The van der Waals surface area contributed by atoms with Gasteiger partial charge in [0.15, 0.2) is 6.79 Å². The number of carbonyl (C=O) groups excluding carboxylic acids is 1. The summed E-state index contributed by atoms with van der Waals surface area (Å²) in [5.74, 6) is 1.37. The van der Waals surface area contributed by atoms with E-state index in [9.17, 15) is 9.18 Å². The number of amides is 1. The number of rotatable bonds is 9. The smallest absolute Gasteiger partial charge is 0.262 e. The fourth-order valence-corrected chi connectivity index (χ4v) is 5.07. The normalized spacial score (nSPS) is 17.7. The number of anilines is 2. The lowest BCUT2D eigenvalue weighted by molar-refractivity contribution is 0.0220. The molecule has 0 N–H and O–H groups in total. The monoisotopic (exact) mass is 509 g/mol. The molecule has 1 fully saturated rings. The Morgan fingerprint density at radius 2 is 1.89 bits per heavy atom. The lowest BCUT2D eigenvalue weighted by Crippen LogP contribution is -2.23. The van der Waals surface area contributed by atoms with E-state index in [0.29, 0.717) is 44.0 Å². The van der Waals surface area contributed by atoms with Gasteiger partial charge >= 0.3 is 0 Å². The summed E-state index contributed by atoms with van der Waals surface area (Å²) in [5, 5.41) is 4.62. The topological polar surface area (TPSA) is 72.7 Å². The average Bonchev–Trinajstić information content (AvgIpc) is 3.55. The van der Waals surface area contributed by atoms with Crippen LogP contribution >= 0.6 is 0 Å². The molecule has 190 valence electrons. The summed E-state index contributed by atoms with van der Waals surface area (Å²) in [4.78, 5) is 21.2. The Morgan fingerprint density at radius 3 is 2.53 bits per heavy atom. The second-order valence-corrected chi connectivity index (χ2v) is 16.1. The van der Waals surface area contributed by atoms with Crippen molar-refractivity contribution in [2.45, 2.75) is 44.8 Å². The number of ether oxygens (including phenoxy) is 2. The van der Waals surface area contributed by atoms with Crippen molar-refractivity contribution < 1.29 is 18.7 Å². The van der Waals surface area contributed by atoms with Gasteiger partial charge in [0.25, 0.3) is 5.91 Å². The molecule has 1 amide bonds. The first-order valence-electron chi connectivity index (χ1n) is 12.3. The highest BCUT2D eigenvalue weighted by atomic mass is 28.3. The molecule has 0 aliphatic carbocycles. The highest BCUT2D eigenvalue weighted by Crippen LogP contribution is 2.30. The Morgan fingerprint density at radius 1 is 1.11 bits per heavy atom. The van der Waals surface area contributed by atoms with E-state index in [1.165, 1.54) is 0 Å². The zero-order chi connectivity index (χ0) is 25.3. The summed E-state index contributed by atoms with van der Waals surface area (Å²) in [5.41, 5.74) is 2.85. The first kappa shape index (κ1) is 24.5. The summed E-state index contributed by atoms with van der Waals surface area (Å²) in [6.07, 6.45) is 3.20. The molecule has 1 aromatic carbocycles. The van der Waals surface area contributed by atoms with Crippen molar-refractivity contribution in [2.75, 3.05) is 36.3 Å². The van der Waals surface area contributed by atoms with Crippen LogP contribution in [0.15, 0.2) is 48.8 Å². The van der Waals surface area contributed by atoms with Gasteiger partial charge in [-0.2, -0.15) is 5.10 Å². The Kier molecular flexibility index (Phi) is 6.81. The van der Waals surface area contributed by atoms with Crippen molar-refractivity contribution >= 4 is 25.5 Å². The van der Waals surface area contributed by atoms with E-state index in [0.717, 1.165) is 28.9 Å². The van der Waals surface area contributed by atoms with Crippen molar-refractivity contribution in [3.05, 3.63) is 60.0 Å². The number of benzene rings is 1. The molecule has 2 aliphatic rings. The number of nitrogens with zero attached hydrogens (tertiary/aromatic N) is 5. The van der Waals surface area contributed by atoms with Crippen LogP contribution in [-0.2, 0) is 11.3 Å². The number of fused-ring (bicyclic) bond motifs is 1. The minimum Gasteiger partial charge on any atom is -0.468 e. The fourth-order valence-electron chi connectivity index (χ4n) is 4.31. The number of aromatic nitrogens is 3. The summed E-state index contributed by atoms with van der Waals surface area (Å²) < 4.78 is 26.4. The first-order chi connectivity index (χ1) is 17.3. The van der Waals surface area contributed by atoms with Crippen LogP contribution in [0.25, 0.3) is 5.69 Å². The third-order valence-electron chi connectivity index (χ3n) is 6.48. The molecule has 0 radical (unpaired) electrons. The Labute approximate surface area is 211 Å². The lowest BCUT2D eigenvalue weighted by atomic mass is 10.2. The molecular weight excluding hydrogens is 477 g/mol. The molecule has 0 spiro atoms. The second-order valence-electron chi connectivity index (χ2n) is 10.5. The van der Waals surface area contributed by atoms with Crippen LogP contribution in [0.2, 0.25) is 25.7 Å². The van der Waals surface area contributed by atoms with Crippen molar-refractivity contribution in [1.29, 1.82) is 0 Å².